The Bertz CT molecular complexity index is 684. The first-order chi connectivity index (χ1) is 9.81. The lowest BCUT2D eigenvalue weighted by atomic mass is 10.2. The fraction of sp³-hybridized carbons (Fsp3) is 0.0625. The summed E-state index contributed by atoms with van der Waals surface area (Å²) >= 11 is 0. The van der Waals surface area contributed by atoms with Gasteiger partial charge >= 0.3 is 0 Å². The largest absolute Gasteiger partial charge is 0.459 e. The van der Waals surface area contributed by atoms with Crippen LogP contribution in [0, 0.1) is 0 Å². The van der Waals surface area contributed by atoms with Crippen LogP contribution in [-0.4, -0.2) is 10.5 Å². The van der Waals surface area contributed by atoms with E-state index in [0.29, 0.717) is 5.76 Å². The summed E-state index contributed by atoms with van der Waals surface area (Å²) < 4.78 is 7.07. The van der Waals surface area contributed by atoms with Crippen molar-refractivity contribution >= 4 is 11.6 Å². The van der Waals surface area contributed by atoms with Crippen LogP contribution in [0.5, 0.6) is 0 Å². The van der Waals surface area contributed by atoms with E-state index in [2.05, 4.69) is 17.4 Å². The zero-order chi connectivity index (χ0) is 13.8. The number of anilines is 1. The van der Waals surface area contributed by atoms with Crippen LogP contribution in [0.15, 0.2) is 71.6 Å². The smallest absolute Gasteiger partial charge is 0.291 e. The summed E-state index contributed by atoms with van der Waals surface area (Å²) in [5.41, 5.74) is 1.97. The van der Waals surface area contributed by atoms with Gasteiger partial charge < -0.3 is 14.3 Å². The van der Waals surface area contributed by atoms with E-state index in [9.17, 15) is 4.79 Å². The number of rotatable bonds is 4. The van der Waals surface area contributed by atoms with E-state index in [1.807, 2.05) is 41.2 Å². The number of nitrogens with zero attached hydrogens (tertiary/aromatic N) is 1. The first-order valence-corrected chi connectivity index (χ1v) is 6.36. The number of benzene rings is 1. The lowest BCUT2D eigenvalue weighted by Crippen LogP contribution is -2.10. The number of hydrogen-bond donors (Lipinski definition) is 1. The third kappa shape index (κ3) is 2.80. The van der Waals surface area contributed by atoms with Crippen LogP contribution in [-0.2, 0) is 6.54 Å². The topological polar surface area (TPSA) is 47.2 Å². The van der Waals surface area contributed by atoms with Crippen molar-refractivity contribution in [2.45, 2.75) is 6.54 Å². The fourth-order valence-corrected chi connectivity index (χ4v) is 2.01. The molecule has 1 N–H and O–H groups in total. The Morgan fingerprint density at radius 2 is 1.95 bits per heavy atom. The molecule has 4 heteroatoms. The van der Waals surface area contributed by atoms with Crippen LogP contribution >= 0.6 is 0 Å². The number of hydrogen-bond acceptors (Lipinski definition) is 2. The molecule has 0 fully saturated rings. The summed E-state index contributed by atoms with van der Waals surface area (Å²) in [6, 6.07) is 15.3. The van der Waals surface area contributed by atoms with Crippen molar-refractivity contribution in [3.63, 3.8) is 0 Å². The minimum atomic E-state index is -0.243. The second-order valence-corrected chi connectivity index (χ2v) is 4.49. The molecule has 0 aliphatic carbocycles. The predicted molar refractivity (Wildman–Crippen MR) is 76.6 cm³/mol. The molecule has 3 aromatic rings. The van der Waals surface area contributed by atoms with Crippen molar-refractivity contribution in [3.05, 3.63) is 78.5 Å². The van der Waals surface area contributed by atoms with Gasteiger partial charge in [0.05, 0.1) is 12.0 Å². The van der Waals surface area contributed by atoms with Crippen LogP contribution in [0.25, 0.3) is 0 Å². The van der Waals surface area contributed by atoms with Gasteiger partial charge in [0.15, 0.2) is 5.76 Å². The number of aromatic nitrogens is 1. The Kier molecular flexibility index (Phi) is 3.37. The maximum atomic E-state index is 11.8. The summed E-state index contributed by atoms with van der Waals surface area (Å²) in [7, 11) is 0. The van der Waals surface area contributed by atoms with Gasteiger partial charge in [-0.3, -0.25) is 4.79 Å². The molecule has 1 aromatic carbocycles. The number of carbonyl (C=O) groups is 1. The molecule has 0 bridgehead atoms. The molecule has 0 saturated heterocycles. The number of amides is 1. The van der Waals surface area contributed by atoms with Crippen molar-refractivity contribution in [1.82, 2.24) is 4.57 Å². The summed E-state index contributed by atoms with van der Waals surface area (Å²) in [4.78, 5) is 11.8. The summed E-state index contributed by atoms with van der Waals surface area (Å²) in [6.07, 6.45) is 5.31. The highest BCUT2D eigenvalue weighted by atomic mass is 16.3. The number of nitrogens with one attached hydrogen (secondary N) is 1. The first kappa shape index (κ1) is 12.3. The SMILES string of the molecule is O=C(Nc1ccn(Cc2ccccc2)c1)c1ccco1. The Hall–Kier alpha value is -2.75. The molecule has 20 heavy (non-hydrogen) atoms. The highest BCUT2D eigenvalue weighted by Crippen LogP contribution is 2.12. The van der Waals surface area contributed by atoms with Crippen molar-refractivity contribution in [2.24, 2.45) is 0 Å². The minimum Gasteiger partial charge on any atom is -0.459 e. The normalized spacial score (nSPS) is 10.4. The van der Waals surface area contributed by atoms with E-state index < -0.39 is 0 Å². The Balaban J connectivity index is 1.67. The molecular formula is C16H14N2O2. The molecule has 4 nitrogen and oxygen atoms in total. The molecule has 0 unspecified atom stereocenters. The van der Waals surface area contributed by atoms with Gasteiger partial charge in [-0.2, -0.15) is 0 Å². The van der Waals surface area contributed by atoms with Crippen molar-refractivity contribution in [1.29, 1.82) is 0 Å². The van der Waals surface area contributed by atoms with Crippen LogP contribution in [0.1, 0.15) is 16.1 Å². The molecule has 0 spiro atoms. The van der Waals surface area contributed by atoms with E-state index in [4.69, 9.17) is 4.42 Å². The molecule has 2 aromatic heterocycles. The fourth-order valence-electron chi connectivity index (χ4n) is 2.01. The second-order valence-electron chi connectivity index (χ2n) is 4.49. The van der Waals surface area contributed by atoms with Crippen LogP contribution in [0.2, 0.25) is 0 Å². The van der Waals surface area contributed by atoms with Crippen molar-refractivity contribution in [3.8, 4) is 0 Å². The van der Waals surface area contributed by atoms with E-state index in [1.54, 1.807) is 12.1 Å². The Labute approximate surface area is 116 Å². The third-order valence-corrected chi connectivity index (χ3v) is 2.96. The van der Waals surface area contributed by atoms with Gasteiger partial charge in [-0.05, 0) is 23.8 Å². The lowest BCUT2D eigenvalue weighted by molar-refractivity contribution is 0.0996. The quantitative estimate of drug-likeness (QED) is 0.787. The Morgan fingerprint density at radius 1 is 1.10 bits per heavy atom. The standard InChI is InChI=1S/C16H14N2O2/c19-16(15-7-4-10-20-15)17-14-8-9-18(12-14)11-13-5-2-1-3-6-13/h1-10,12H,11H2,(H,17,19). The third-order valence-electron chi connectivity index (χ3n) is 2.96. The molecule has 1 amide bonds. The van der Waals surface area contributed by atoms with Gasteiger partial charge in [0.1, 0.15) is 0 Å². The first-order valence-electron chi connectivity index (χ1n) is 6.36. The van der Waals surface area contributed by atoms with Crippen molar-refractivity contribution < 1.29 is 9.21 Å². The average molecular weight is 266 g/mol. The molecule has 2 heterocycles. The number of furan rings is 1. The summed E-state index contributed by atoms with van der Waals surface area (Å²) in [6.45, 7) is 0.775. The highest BCUT2D eigenvalue weighted by Gasteiger charge is 2.09. The highest BCUT2D eigenvalue weighted by molar-refractivity contribution is 6.02. The van der Waals surface area contributed by atoms with E-state index >= 15 is 0 Å². The van der Waals surface area contributed by atoms with E-state index in [1.165, 1.54) is 11.8 Å². The second kappa shape index (κ2) is 5.48. The summed E-state index contributed by atoms with van der Waals surface area (Å²) in [5, 5.41) is 2.80. The molecule has 0 aliphatic rings. The molecule has 3 rings (SSSR count). The van der Waals surface area contributed by atoms with Gasteiger partial charge in [0.2, 0.25) is 0 Å². The molecule has 0 aliphatic heterocycles. The van der Waals surface area contributed by atoms with Crippen LogP contribution < -0.4 is 5.32 Å². The van der Waals surface area contributed by atoms with E-state index in [-0.39, 0.29) is 5.91 Å². The van der Waals surface area contributed by atoms with Crippen LogP contribution in [0.4, 0.5) is 5.69 Å². The van der Waals surface area contributed by atoms with Gasteiger partial charge in [0.25, 0.3) is 5.91 Å². The summed E-state index contributed by atoms with van der Waals surface area (Å²) in [5.74, 6) is 0.0632. The molecular weight excluding hydrogens is 252 g/mol. The number of carbonyl (C=O) groups excluding carboxylic acids is 1. The lowest BCUT2D eigenvalue weighted by Gasteiger charge is -2.03. The zero-order valence-corrected chi connectivity index (χ0v) is 10.8. The minimum absolute atomic E-state index is 0.243. The van der Waals surface area contributed by atoms with Gasteiger partial charge in [-0.1, -0.05) is 30.3 Å². The molecule has 0 radical (unpaired) electrons. The van der Waals surface area contributed by atoms with Gasteiger partial charge in [0, 0.05) is 18.9 Å². The van der Waals surface area contributed by atoms with Crippen LogP contribution in [0.3, 0.4) is 0 Å². The average Bonchev–Trinajstić information content (AvgIpc) is 3.11. The van der Waals surface area contributed by atoms with Gasteiger partial charge in [-0.25, -0.2) is 0 Å². The molecule has 0 saturated carbocycles. The molecule has 0 atom stereocenters. The van der Waals surface area contributed by atoms with Crippen molar-refractivity contribution in [2.75, 3.05) is 5.32 Å². The van der Waals surface area contributed by atoms with E-state index in [0.717, 1.165) is 12.2 Å². The maximum Gasteiger partial charge on any atom is 0.291 e. The maximum absolute atomic E-state index is 11.8. The molecule has 100 valence electrons. The monoisotopic (exact) mass is 266 g/mol. The predicted octanol–water partition coefficient (Wildman–Crippen LogP) is 3.38. The zero-order valence-electron chi connectivity index (χ0n) is 10.8. The van der Waals surface area contributed by atoms with Gasteiger partial charge in [-0.15, -0.1) is 0 Å². The Morgan fingerprint density at radius 3 is 2.70 bits per heavy atom.